The zero-order chi connectivity index (χ0) is 23.7. The SMILES string of the molecule is N#Cc1ccc(N2C(=O)CC(N(CCc3c[nH]c4ccccc34)C(=O)c3cccs3)C2=O)cc1. The summed E-state index contributed by atoms with van der Waals surface area (Å²) in [5.41, 5.74) is 2.89. The molecule has 0 saturated carbocycles. The minimum Gasteiger partial charge on any atom is -0.361 e. The highest BCUT2D eigenvalue weighted by Gasteiger charge is 2.44. The number of nitrogens with zero attached hydrogens (tertiary/aromatic N) is 3. The van der Waals surface area contributed by atoms with Gasteiger partial charge in [-0.05, 0) is 53.8 Å². The van der Waals surface area contributed by atoms with E-state index in [1.807, 2.05) is 41.9 Å². The number of H-pyrrole nitrogens is 1. The number of carbonyl (C=O) groups is 3. The maximum Gasteiger partial charge on any atom is 0.264 e. The molecule has 2 aromatic carbocycles. The number of rotatable bonds is 6. The number of nitrogens with one attached hydrogen (secondary N) is 1. The number of benzene rings is 2. The third-order valence-corrected chi connectivity index (χ3v) is 6.90. The van der Waals surface area contributed by atoms with Crippen molar-refractivity contribution in [1.82, 2.24) is 9.88 Å². The van der Waals surface area contributed by atoms with Gasteiger partial charge in [0.25, 0.3) is 11.8 Å². The molecule has 0 radical (unpaired) electrons. The Labute approximate surface area is 199 Å². The van der Waals surface area contributed by atoms with Crippen LogP contribution < -0.4 is 4.90 Å². The van der Waals surface area contributed by atoms with E-state index in [9.17, 15) is 14.4 Å². The second-order valence-corrected chi connectivity index (χ2v) is 8.98. The van der Waals surface area contributed by atoms with E-state index >= 15 is 0 Å². The predicted molar refractivity (Wildman–Crippen MR) is 129 cm³/mol. The van der Waals surface area contributed by atoms with Gasteiger partial charge < -0.3 is 9.88 Å². The van der Waals surface area contributed by atoms with Crippen molar-refractivity contribution < 1.29 is 14.4 Å². The van der Waals surface area contributed by atoms with Gasteiger partial charge in [0.15, 0.2) is 0 Å². The van der Waals surface area contributed by atoms with Crippen molar-refractivity contribution in [2.24, 2.45) is 0 Å². The van der Waals surface area contributed by atoms with Gasteiger partial charge >= 0.3 is 0 Å². The molecule has 168 valence electrons. The van der Waals surface area contributed by atoms with Crippen molar-refractivity contribution in [2.45, 2.75) is 18.9 Å². The summed E-state index contributed by atoms with van der Waals surface area (Å²) in [4.78, 5) is 46.1. The van der Waals surface area contributed by atoms with Crippen molar-refractivity contribution in [2.75, 3.05) is 11.4 Å². The lowest BCUT2D eigenvalue weighted by Gasteiger charge is -2.27. The third-order valence-electron chi connectivity index (χ3n) is 6.04. The van der Waals surface area contributed by atoms with Crippen LogP contribution in [0.1, 0.15) is 27.2 Å². The second kappa shape index (κ2) is 8.96. The third kappa shape index (κ3) is 3.87. The number of anilines is 1. The number of hydrogen-bond acceptors (Lipinski definition) is 5. The van der Waals surface area contributed by atoms with E-state index in [4.69, 9.17) is 5.26 Å². The first kappa shape index (κ1) is 21.6. The van der Waals surface area contributed by atoms with Gasteiger partial charge in [0.2, 0.25) is 5.91 Å². The first-order valence-electron chi connectivity index (χ1n) is 10.8. The largest absolute Gasteiger partial charge is 0.361 e. The van der Waals surface area contributed by atoms with Crippen LogP contribution in [0.2, 0.25) is 0 Å². The highest BCUT2D eigenvalue weighted by Crippen LogP contribution is 2.28. The number of hydrogen-bond donors (Lipinski definition) is 1. The second-order valence-electron chi connectivity index (χ2n) is 8.03. The summed E-state index contributed by atoms with van der Waals surface area (Å²) in [6, 6.07) is 18.9. The number of amides is 3. The number of para-hydroxylation sites is 1. The van der Waals surface area contributed by atoms with Crippen molar-refractivity contribution in [1.29, 1.82) is 5.26 Å². The minimum atomic E-state index is -0.886. The Morgan fingerprint density at radius 2 is 1.91 bits per heavy atom. The van der Waals surface area contributed by atoms with Crippen LogP contribution in [0.15, 0.2) is 72.2 Å². The fourth-order valence-electron chi connectivity index (χ4n) is 4.34. The molecule has 1 aliphatic heterocycles. The van der Waals surface area contributed by atoms with Gasteiger partial charge in [-0.2, -0.15) is 5.26 Å². The first-order valence-corrected chi connectivity index (χ1v) is 11.7. The number of fused-ring (bicyclic) bond motifs is 1. The molecule has 8 heteroatoms. The van der Waals surface area contributed by atoms with E-state index in [1.54, 1.807) is 36.4 Å². The average molecular weight is 469 g/mol. The van der Waals surface area contributed by atoms with Crippen LogP contribution in [-0.2, 0) is 16.0 Å². The van der Waals surface area contributed by atoms with Crippen molar-refractivity contribution >= 4 is 45.6 Å². The predicted octanol–water partition coefficient (Wildman–Crippen LogP) is 4.12. The molecule has 1 unspecified atom stereocenters. The lowest BCUT2D eigenvalue weighted by molar-refractivity contribution is -0.122. The molecule has 3 heterocycles. The number of nitriles is 1. The number of thiophene rings is 1. The topological polar surface area (TPSA) is 97.3 Å². The summed E-state index contributed by atoms with van der Waals surface area (Å²) >= 11 is 1.31. The molecule has 1 atom stereocenters. The Morgan fingerprint density at radius 3 is 2.65 bits per heavy atom. The van der Waals surface area contributed by atoms with Crippen molar-refractivity contribution in [3.05, 3.63) is 88.2 Å². The maximum atomic E-state index is 13.4. The number of imide groups is 1. The molecule has 0 bridgehead atoms. The summed E-state index contributed by atoms with van der Waals surface area (Å²) in [6.07, 6.45) is 2.38. The Kier molecular flexibility index (Phi) is 5.70. The van der Waals surface area contributed by atoms with Gasteiger partial charge in [-0.25, -0.2) is 4.90 Å². The molecule has 1 saturated heterocycles. The summed E-state index contributed by atoms with van der Waals surface area (Å²) in [6.45, 7) is 0.295. The van der Waals surface area contributed by atoms with Gasteiger partial charge in [0.1, 0.15) is 6.04 Å². The monoisotopic (exact) mass is 468 g/mol. The fourth-order valence-corrected chi connectivity index (χ4v) is 5.01. The van der Waals surface area contributed by atoms with Crippen LogP contribution in [0.5, 0.6) is 0 Å². The molecule has 0 aliphatic carbocycles. The van der Waals surface area contributed by atoms with E-state index in [1.165, 1.54) is 16.2 Å². The number of aromatic nitrogens is 1. The zero-order valence-electron chi connectivity index (χ0n) is 18.1. The molecular weight excluding hydrogens is 448 g/mol. The molecule has 1 fully saturated rings. The van der Waals surface area contributed by atoms with Gasteiger partial charge in [0, 0.05) is 23.6 Å². The molecule has 1 N–H and O–H groups in total. The zero-order valence-corrected chi connectivity index (χ0v) is 18.9. The standard InChI is InChI=1S/C26H20N4O3S/c27-15-17-7-9-19(10-8-17)30-24(31)14-22(25(30)32)29(26(33)23-6-3-13-34-23)12-11-18-16-28-21-5-2-1-4-20(18)21/h1-10,13,16,22,28H,11-12,14H2. The Balaban J connectivity index is 1.43. The number of carbonyl (C=O) groups excluding carboxylic acids is 3. The fraction of sp³-hybridized carbons (Fsp3) is 0.154. The van der Waals surface area contributed by atoms with Crippen LogP contribution in [0.3, 0.4) is 0 Å². The molecule has 5 rings (SSSR count). The lowest BCUT2D eigenvalue weighted by atomic mass is 10.1. The number of aromatic amines is 1. The smallest absolute Gasteiger partial charge is 0.264 e. The van der Waals surface area contributed by atoms with Crippen LogP contribution in [0, 0.1) is 11.3 Å². The average Bonchev–Trinajstić information content (AvgIpc) is 3.60. The van der Waals surface area contributed by atoms with Crippen LogP contribution in [0.4, 0.5) is 5.69 Å². The lowest BCUT2D eigenvalue weighted by Crippen LogP contribution is -2.46. The highest BCUT2D eigenvalue weighted by atomic mass is 32.1. The van der Waals surface area contributed by atoms with Gasteiger partial charge in [-0.15, -0.1) is 11.3 Å². The Hall–Kier alpha value is -4.22. The van der Waals surface area contributed by atoms with Crippen LogP contribution in [0.25, 0.3) is 10.9 Å². The molecular formula is C26H20N4O3S. The summed E-state index contributed by atoms with van der Waals surface area (Å²) in [5.74, 6) is -1.06. The molecule has 4 aromatic rings. The van der Waals surface area contributed by atoms with E-state index in [0.717, 1.165) is 21.4 Å². The van der Waals surface area contributed by atoms with Crippen LogP contribution in [-0.4, -0.2) is 40.2 Å². The quantitative estimate of drug-likeness (QED) is 0.431. The summed E-state index contributed by atoms with van der Waals surface area (Å²) < 4.78 is 0. The Morgan fingerprint density at radius 1 is 1.12 bits per heavy atom. The van der Waals surface area contributed by atoms with Crippen molar-refractivity contribution in [3.8, 4) is 6.07 Å². The van der Waals surface area contributed by atoms with Gasteiger partial charge in [-0.3, -0.25) is 14.4 Å². The molecule has 0 spiro atoms. The Bertz CT molecular complexity index is 1420. The summed E-state index contributed by atoms with van der Waals surface area (Å²) in [5, 5.41) is 11.9. The van der Waals surface area contributed by atoms with Gasteiger partial charge in [0.05, 0.1) is 28.6 Å². The van der Waals surface area contributed by atoms with Crippen LogP contribution >= 0.6 is 11.3 Å². The molecule has 1 aliphatic rings. The summed E-state index contributed by atoms with van der Waals surface area (Å²) in [7, 11) is 0. The van der Waals surface area contributed by atoms with E-state index in [0.29, 0.717) is 29.1 Å². The maximum absolute atomic E-state index is 13.4. The van der Waals surface area contributed by atoms with E-state index in [2.05, 4.69) is 4.98 Å². The minimum absolute atomic E-state index is 0.0795. The van der Waals surface area contributed by atoms with Gasteiger partial charge in [-0.1, -0.05) is 24.3 Å². The molecule has 34 heavy (non-hydrogen) atoms. The first-order chi connectivity index (χ1) is 16.6. The van der Waals surface area contributed by atoms with E-state index < -0.39 is 11.9 Å². The van der Waals surface area contributed by atoms with Crippen molar-refractivity contribution in [3.63, 3.8) is 0 Å². The normalized spacial score (nSPS) is 15.6. The highest BCUT2D eigenvalue weighted by molar-refractivity contribution is 7.12. The molecule has 7 nitrogen and oxygen atoms in total. The molecule has 2 aromatic heterocycles. The molecule has 3 amide bonds. The van der Waals surface area contributed by atoms with E-state index in [-0.39, 0.29) is 18.2 Å².